The van der Waals surface area contributed by atoms with E-state index in [2.05, 4.69) is 20.6 Å². The molecule has 2 N–H and O–H groups in total. The van der Waals surface area contributed by atoms with Crippen molar-refractivity contribution in [3.8, 4) is 0 Å². The van der Waals surface area contributed by atoms with Crippen LogP contribution in [-0.4, -0.2) is 16.0 Å². The largest absolute Gasteiger partial charge is 0.324 e. The number of aromatic nitrogens is 2. The molecule has 1 heterocycles. The Morgan fingerprint density at radius 1 is 1.06 bits per heavy atom. The number of carbonyl (C=O) groups is 1. The van der Waals surface area contributed by atoms with Crippen LogP contribution in [0.15, 0.2) is 48.9 Å². The number of nitrogens with zero attached hydrogens (tertiary/aromatic N) is 2. The summed E-state index contributed by atoms with van der Waals surface area (Å²) in [6.45, 7) is 0. The molecular formula is C11H10N4O. The number of urea groups is 1. The van der Waals surface area contributed by atoms with Gasteiger partial charge in [0, 0.05) is 11.9 Å². The highest BCUT2D eigenvalue weighted by molar-refractivity contribution is 5.99. The van der Waals surface area contributed by atoms with Crippen molar-refractivity contribution >= 4 is 17.5 Å². The molecule has 2 aromatic rings. The molecule has 2 rings (SSSR count). The average Bonchev–Trinajstić information content (AvgIpc) is 2.31. The summed E-state index contributed by atoms with van der Waals surface area (Å²) in [6, 6.07) is 10.5. The van der Waals surface area contributed by atoms with Crippen molar-refractivity contribution < 1.29 is 4.79 Å². The zero-order valence-corrected chi connectivity index (χ0v) is 8.42. The third kappa shape index (κ3) is 2.78. The molecule has 5 heteroatoms. The molecule has 16 heavy (non-hydrogen) atoms. The number of carbonyl (C=O) groups excluding carboxylic acids is 1. The van der Waals surface area contributed by atoms with E-state index in [1.165, 1.54) is 6.33 Å². The first-order chi connectivity index (χ1) is 7.84. The predicted molar refractivity (Wildman–Crippen MR) is 61.1 cm³/mol. The van der Waals surface area contributed by atoms with Crippen LogP contribution in [0.2, 0.25) is 0 Å². The number of hydrogen-bond acceptors (Lipinski definition) is 3. The van der Waals surface area contributed by atoms with Crippen LogP contribution in [0.1, 0.15) is 0 Å². The van der Waals surface area contributed by atoms with Gasteiger partial charge < -0.3 is 5.32 Å². The van der Waals surface area contributed by atoms with E-state index in [0.717, 1.165) is 5.69 Å². The summed E-state index contributed by atoms with van der Waals surface area (Å²) in [5.41, 5.74) is 0.731. The molecule has 0 saturated carbocycles. The number of nitrogens with one attached hydrogen (secondary N) is 2. The lowest BCUT2D eigenvalue weighted by Crippen LogP contribution is -2.19. The van der Waals surface area contributed by atoms with Crippen LogP contribution >= 0.6 is 0 Å². The molecule has 2 amide bonds. The van der Waals surface area contributed by atoms with Crippen molar-refractivity contribution in [1.29, 1.82) is 0 Å². The lowest BCUT2D eigenvalue weighted by atomic mass is 10.3. The van der Waals surface area contributed by atoms with E-state index in [1.54, 1.807) is 24.4 Å². The Kier molecular flexibility index (Phi) is 3.08. The third-order valence-electron chi connectivity index (χ3n) is 1.86. The Balaban J connectivity index is 1.95. The fourth-order valence-corrected chi connectivity index (χ4v) is 1.16. The van der Waals surface area contributed by atoms with Gasteiger partial charge in [0.2, 0.25) is 0 Å². The number of para-hydroxylation sites is 1. The summed E-state index contributed by atoms with van der Waals surface area (Å²) in [5.74, 6) is 0.462. The smallest absolute Gasteiger partial charge is 0.308 e. The molecule has 0 spiro atoms. The van der Waals surface area contributed by atoms with E-state index >= 15 is 0 Å². The lowest BCUT2D eigenvalue weighted by molar-refractivity contribution is 0.262. The Morgan fingerprint density at radius 2 is 1.88 bits per heavy atom. The minimum absolute atomic E-state index is 0.329. The fourth-order valence-electron chi connectivity index (χ4n) is 1.16. The first kappa shape index (κ1) is 10.1. The van der Waals surface area contributed by atoms with Crippen LogP contribution < -0.4 is 10.6 Å². The Bertz CT molecular complexity index is 414. The molecule has 80 valence electrons. The zero-order chi connectivity index (χ0) is 11.2. The first-order valence-electron chi connectivity index (χ1n) is 4.74. The SMILES string of the molecule is O=C(Nc1ccccc1)Nc1ccncn1. The first-order valence-corrected chi connectivity index (χ1v) is 4.74. The summed E-state index contributed by atoms with van der Waals surface area (Å²) < 4.78 is 0. The number of anilines is 2. The Morgan fingerprint density at radius 3 is 2.56 bits per heavy atom. The summed E-state index contributed by atoms with van der Waals surface area (Å²) in [5, 5.41) is 5.27. The van der Waals surface area contributed by atoms with Gasteiger partial charge in [-0.2, -0.15) is 0 Å². The van der Waals surface area contributed by atoms with E-state index in [4.69, 9.17) is 0 Å². The van der Waals surface area contributed by atoms with Crippen molar-refractivity contribution in [3.63, 3.8) is 0 Å². The van der Waals surface area contributed by atoms with Gasteiger partial charge in [0.1, 0.15) is 12.1 Å². The molecule has 0 atom stereocenters. The van der Waals surface area contributed by atoms with Crippen LogP contribution in [0.5, 0.6) is 0 Å². The Labute approximate surface area is 92.6 Å². The molecule has 0 aliphatic heterocycles. The summed E-state index contributed by atoms with van der Waals surface area (Å²) in [4.78, 5) is 19.1. The summed E-state index contributed by atoms with van der Waals surface area (Å²) in [7, 11) is 0. The molecule has 1 aromatic carbocycles. The Hall–Kier alpha value is -2.43. The maximum atomic E-state index is 11.5. The number of hydrogen-bond donors (Lipinski definition) is 2. The fraction of sp³-hybridized carbons (Fsp3) is 0. The van der Waals surface area contributed by atoms with E-state index in [9.17, 15) is 4.79 Å². The van der Waals surface area contributed by atoms with Crippen LogP contribution in [0, 0.1) is 0 Å². The van der Waals surface area contributed by atoms with E-state index in [1.807, 2.05) is 18.2 Å². The molecule has 0 unspecified atom stereocenters. The molecule has 0 aliphatic carbocycles. The highest BCUT2D eigenvalue weighted by Crippen LogP contribution is 2.06. The quantitative estimate of drug-likeness (QED) is 0.804. The lowest BCUT2D eigenvalue weighted by Gasteiger charge is -2.05. The van der Waals surface area contributed by atoms with Gasteiger partial charge >= 0.3 is 6.03 Å². The van der Waals surface area contributed by atoms with Crippen LogP contribution in [0.3, 0.4) is 0 Å². The molecular weight excluding hydrogens is 204 g/mol. The maximum Gasteiger partial charge on any atom is 0.324 e. The molecule has 1 aromatic heterocycles. The predicted octanol–water partition coefficient (Wildman–Crippen LogP) is 2.12. The van der Waals surface area contributed by atoms with Crippen molar-refractivity contribution in [2.24, 2.45) is 0 Å². The molecule has 0 bridgehead atoms. The molecule has 0 saturated heterocycles. The van der Waals surface area contributed by atoms with Gasteiger partial charge in [-0.25, -0.2) is 14.8 Å². The average molecular weight is 214 g/mol. The second-order valence-electron chi connectivity index (χ2n) is 3.04. The second-order valence-corrected chi connectivity index (χ2v) is 3.04. The van der Waals surface area contributed by atoms with E-state index < -0.39 is 0 Å². The van der Waals surface area contributed by atoms with Crippen LogP contribution in [-0.2, 0) is 0 Å². The van der Waals surface area contributed by atoms with Gasteiger partial charge in [0.15, 0.2) is 0 Å². The highest BCUT2D eigenvalue weighted by atomic mass is 16.2. The standard InChI is InChI=1S/C11H10N4O/c16-11(14-9-4-2-1-3-5-9)15-10-6-7-12-8-13-10/h1-8H,(H2,12,13,14,15,16). The van der Waals surface area contributed by atoms with Crippen LogP contribution in [0.4, 0.5) is 16.3 Å². The van der Waals surface area contributed by atoms with Gasteiger partial charge in [-0.1, -0.05) is 18.2 Å². The zero-order valence-electron chi connectivity index (χ0n) is 8.42. The monoisotopic (exact) mass is 214 g/mol. The van der Waals surface area contributed by atoms with Gasteiger partial charge in [-0.15, -0.1) is 0 Å². The van der Waals surface area contributed by atoms with Crippen molar-refractivity contribution in [3.05, 3.63) is 48.9 Å². The van der Waals surface area contributed by atoms with Crippen molar-refractivity contribution in [2.75, 3.05) is 10.6 Å². The number of rotatable bonds is 2. The summed E-state index contributed by atoms with van der Waals surface area (Å²) >= 11 is 0. The van der Waals surface area contributed by atoms with Gasteiger partial charge in [-0.05, 0) is 18.2 Å². The minimum atomic E-state index is -0.329. The summed E-state index contributed by atoms with van der Waals surface area (Å²) in [6.07, 6.45) is 2.93. The highest BCUT2D eigenvalue weighted by Gasteiger charge is 2.01. The van der Waals surface area contributed by atoms with E-state index in [-0.39, 0.29) is 6.03 Å². The second kappa shape index (κ2) is 4.88. The third-order valence-corrected chi connectivity index (χ3v) is 1.86. The van der Waals surface area contributed by atoms with Gasteiger partial charge in [0.05, 0.1) is 0 Å². The topological polar surface area (TPSA) is 66.9 Å². The molecule has 0 fully saturated rings. The van der Waals surface area contributed by atoms with E-state index in [0.29, 0.717) is 5.82 Å². The van der Waals surface area contributed by atoms with Gasteiger partial charge in [-0.3, -0.25) is 5.32 Å². The van der Waals surface area contributed by atoms with Crippen molar-refractivity contribution in [2.45, 2.75) is 0 Å². The molecule has 5 nitrogen and oxygen atoms in total. The number of benzene rings is 1. The normalized spacial score (nSPS) is 9.50. The van der Waals surface area contributed by atoms with Gasteiger partial charge in [0.25, 0.3) is 0 Å². The maximum absolute atomic E-state index is 11.5. The van der Waals surface area contributed by atoms with Crippen LogP contribution in [0.25, 0.3) is 0 Å². The molecule has 0 aliphatic rings. The molecule has 0 radical (unpaired) electrons. The number of amides is 2. The minimum Gasteiger partial charge on any atom is -0.308 e. The van der Waals surface area contributed by atoms with Crippen molar-refractivity contribution in [1.82, 2.24) is 9.97 Å².